The lowest BCUT2D eigenvalue weighted by Crippen LogP contribution is -2.16. The average molecular weight is 841 g/mol. The Balaban J connectivity index is 1.36. The molecule has 3 N–H and O–H groups in total. The van der Waals surface area contributed by atoms with E-state index in [0.29, 0.717) is 64.5 Å². The third-order valence-corrected chi connectivity index (χ3v) is 12.8. The molecule has 0 aromatic heterocycles. The minimum Gasteiger partial charge on any atom is -0.515 e. The number of aliphatic hydroxyl groups excluding tert-OH is 2. The Morgan fingerprint density at radius 3 is 2.24 bits per heavy atom. The Hall–Kier alpha value is -5.15. The van der Waals surface area contributed by atoms with Crippen LogP contribution in [0.2, 0.25) is 0 Å². The number of carbonyl (C=O) groups excluding carboxylic acids is 2. The van der Waals surface area contributed by atoms with Gasteiger partial charge in [0.1, 0.15) is 6.61 Å². The lowest BCUT2D eigenvalue weighted by Gasteiger charge is -2.20. The number of hydrogen-bond acceptors (Lipinski definition) is 9. The lowest BCUT2D eigenvalue weighted by atomic mass is 9.84. The van der Waals surface area contributed by atoms with Crippen LogP contribution in [0.15, 0.2) is 141 Å². The molecule has 1 saturated carbocycles. The van der Waals surface area contributed by atoms with Crippen molar-refractivity contribution in [2.75, 3.05) is 6.61 Å². The average Bonchev–Trinajstić information content (AvgIpc) is 3.97. The number of ketones is 1. The number of aliphatic hydroxyl groups is 2. The van der Waals surface area contributed by atoms with E-state index < -0.39 is 6.10 Å². The smallest absolute Gasteiger partial charge is 0.306 e. The highest BCUT2D eigenvalue weighted by Crippen LogP contribution is 2.47. The number of nitrogens with zero attached hydrogens (tertiary/aromatic N) is 3. The van der Waals surface area contributed by atoms with Crippen LogP contribution in [0.25, 0.3) is 0 Å². The van der Waals surface area contributed by atoms with Gasteiger partial charge in [0.25, 0.3) is 0 Å². The van der Waals surface area contributed by atoms with Gasteiger partial charge in [0.15, 0.2) is 5.78 Å². The van der Waals surface area contributed by atoms with E-state index in [4.69, 9.17) is 19.7 Å². The fourth-order valence-corrected chi connectivity index (χ4v) is 9.57. The van der Waals surface area contributed by atoms with E-state index in [1.807, 2.05) is 39.0 Å². The summed E-state index contributed by atoms with van der Waals surface area (Å²) in [7, 11) is 0. The van der Waals surface area contributed by atoms with Crippen LogP contribution in [0.4, 0.5) is 0 Å². The van der Waals surface area contributed by atoms with Crippen LogP contribution in [0, 0.1) is 17.3 Å². The number of carbonyl (C=O) groups is 2. The van der Waals surface area contributed by atoms with Gasteiger partial charge in [0.2, 0.25) is 0 Å². The first kappa shape index (κ1) is 46.4. The number of fused-ring (bicyclic) bond motifs is 5. The van der Waals surface area contributed by atoms with Crippen molar-refractivity contribution < 1.29 is 24.5 Å². The molecule has 3 atom stereocenters. The van der Waals surface area contributed by atoms with E-state index in [1.54, 1.807) is 6.92 Å². The predicted molar refractivity (Wildman–Crippen MR) is 253 cm³/mol. The topological polar surface area (TPSA) is 133 Å². The SMILES string of the molecule is CCC1=C2C(=O)CC3=C4NC(=C(C)C5=NC(=CC6=NC(=C(CC(C)(C)C)/C6=C\O)C=C1N=C32)C(C(C)O)=C5C)[C@@H](C)[C@@H]4CCC(=O)OC/C=C(\C)CC/C=C(\C)CCC=C(C)C. The van der Waals surface area contributed by atoms with Crippen molar-refractivity contribution in [2.24, 2.45) is 32.2 Å². The van der Waals surface area contributed by atoms with Gasteiger partial charge < -0.3 is 20.3 Å². The number of Topliss-reactive ketones (excluding diaryl/α,β-unsaturated/α-hetero) is 1. The largest absolute Gasteiger partial charge is 0.515 e. The number of rotatable bonds is 14. The molecule has 6 rings (SSSR count). The van der Waals surface area contributed by atoms with E-state index in [0.717, 1.165) is 76.9 Å². The third-order valence-electron chi connectivity index (χ3n) is 12.8. The maximum Gasteiger partial charge on any atom is 0.306 e. The van der Waals surface area contributed by atoms with E-state index in [1.165, 1.54) is 16.7 Å². The second kappa shape index (κ2) is 19.1. The first-order valence-electron chi connectivity index (χ1n) is 22.6. The Morgan fingerprint density at radius 1 is 0.919 bits per heavy atom. The van der Waals surface area contributed by atoms with E-state index in [9.17, 15) is 19.8 Å². The summed E-state index contributed by atoms with van der Waals surface area (Å²) in [6, 6.07) is 0. The summed E-state index contributed by atoms with van der Waals surface area (Å²) in [5.74, 6) is -0.391. The van der Waals surface area contributed by atoms with Crippen molar-refractivity contribution in [3.63, 3.8) is 0 Å². The molecule has 0 amide bonds. The molecule has 0 spiro atoms. The second-order valence-electron chi connectivity index (χ2n) is 19.3. The van der Waals surface area contributed by atoms with E-state index >= 15 is 0 Å². The van der Waals surface area contributed by atoms with Gasteiger partial charge in [-0.3, -0.25) is 9.59 Å². The van der Waals surface area contributed by atoms with Gasteiger partial charge in [-0.1, -0.05) is 63.5 Å². The number of esters is 1. The molecule has 5 aliphatic heterocycles. The first-order valence-corrected chi connectivity index (χ1v) is 22.6. The van der Waals surface area contributed by atoms with Gasteiger partial charge in [0, 0.05) is 58.4 Å². The minimum atomic E-state index is -0.812. The van der Waals surface area contributed by atoms with Crippen molar-refractivity contribution in [1.29, 1.82) is 0 Å². The van der Waals surface area contributed by atoms with Crippen molar-refractivity contribution in [2.45, 2.75) is 147 Å². The van der Waals surface area contributed by atoms with Crippen molar-refractivity contribution >= 4 is 28.9 Å². The molecule has 5 heterocycles. The second-order valence-corrected chi connectivity index (χ2v) is 19.3. The van der Waals surface area contributed by atoms with Crippen molar-refractivity contribution in [3.05, 3.63) is 126 Å². The van der Waals surface area contributed by atoms with Crippen LogP contribution in [0.3, 0.4) is 0 Å². The monoisotopic (exact) mass is 841 g/mol. The summed E-state index contributed by atoms with van der Waals surface area (Å²) >= 11 is 0. The molecule has 1 unspecified atom stereocenters. The Labute approximate surface area is 369 Å². The van der Waals surface area contributed by atoms with Gasteiger partial charge in [-0.05, 0) is 139 Å². The summed E-state index contributed by atoms with van der Waals surface area (Å²) in [6.07, 6.45) is 17.0. The lowest BCUT2D eigenvalue weighted by molar-refractivity contribution is -0.142. The first-order chi connectivity index (χ1) is 29.3. The maximum absolute atomic E-state index is 14.1. The van der Waals surface area contributed by atoms with Gasteiger partial charge in [-0.25, -0.2) is 15.0 Å². The summed E-state index contributed by atoms with van der Waals surface area (Å²) in [6.45, 7) is 25.2. The number of nitrogens with one attached hydrogen (secondary N) is 1. The van der Waals surface area contributed by atoms with Gasteiger partial charge >= 0.3 is 5.97 Å². The molecule has 9 nitrogen and oxygen atoms in total. The molecule has 0 radical (unpaired) electrons. The fourth-order valence-electron chi connectivity index (χ4n) is 9.57. The molecule has 8 bridgehead atoms. The molecule has 1 aliphatic carbocycles. The van der Waals surface area contributed by atoms with Crippen LogP contribution in [-0.4, -0.2) is 51.8 Å². The van der Waals surface area contributed by atoms with Crippen LogP contribution < -0.4 is 5.32 Å². The quantitative estimate of drug-likeness (QED) is 0.0906. The summed E-state index contributed by atoms with van der Waals surface area (Å²) in [5, 5.41) is 25.7. The highest BCUT2D eigenvalue weighted by molar-refractivity contribution is 6.38. The zero-order chi connectivity index (χ0) is 45.2. The molecule has 1 saturated heterocycles. The van der Waals surface area contributed by atoms with Crippen LogP contribution >= 0.6 is 0 Å². The molecule has 0 aromatic carbocycles. The van der Waals surface area contributed by atoms with Crippen molar-refractivity contribution in [1.82, 2.24) is 5.32 Å². The molecule has 330 valence electrons. The van der Waals surface area contributed by atoms with Crippen LogP contribution in [0.5, 0.6) is 0 Å². The highest BCUT2D eigenvalue weighted by Gasteiger charge is 2.44. The van der Waals surface area contributed by atoms with Gasteiger partial charge in [-0.2, -0.15) is 0 Å². The third kappa shape index (κ3) is 9.88. The normalized spacial score (nSPS) is 22.8. The van der Waals surface area contributed by atoms with Gasteiger partial charge in [0.05, 0.1) is 46.6 Å². The fraction of sp³-hybridized carbons (Fsp3) is 0.491. The Morgan fingerprint density at radius 2 is 1.60 bits per heavy atom. The summed E-state index contributed by atoms with van der Waals surface area (Å²) in [4.78, 5) is 43.0. The molecule has 6 aliphatic rings. The number of allylic oxidation sites excluding steroid dienone is 16. The molecular formula is C53H68N4O5. The Bertz CT molecular complexity index is 2380. The standard InChI is InChI=1S/C53H68N4O5/c1-13-36-41-25-42-39(27-53(10,11)12)40(28-58)43(54-42)26-44-47(35(9)59)33(7)50(56-44)34(8)49-32(6)37(51(57-49)38-24-45(60)48(36)52(38)55-41)20-21-46(61)62-23-22-31(5)19-15-18-30(4)17-14-16-29(2)3/h16,18,22,25-26,28,32,35,37,57-59H,13-15,17,19-21,23-24,27H2,1-12H3/b30-18+,31-22+,40-28+,41-25?,44-26?,49-34?,51-38?/t32-,35?,37-/m0/s1. The predicted octanol–water partition coefficient (Wildman–Crippen LogP) is 11.8. The van der Waals surface area contributed by atoms with E-state index in [-0.39, 0.29) is 48.5 Å². The molecule has 2 fully saturated rings. The molecule has 9 heteroatoms. The minimum absolute atomic E-state index is 0.0365. The van der Waals surface area contributed by atoms with Crippen LogP contribution in [-0.2, 0) is 14.3 Å². The molecular weight excluding hydrogens is 773 g/mol. The highest BCUT2D eigenvalue weighted by atomic mass is 16.5. The van der Waals surface area contributed by atoms with E-state index in [2.05, 4.69) is 72.9 Å². The number of aliphatic imine (C=N–C) groups is 3. The van der Waals surface area contributed by atoms with Crippen LogP contribution in [0.1, 0.15) is 141 Å². The maximum atomic E-state index is 14.1. The van der Waals surface area contributed by atoms with Gasteiger partial charge in [-0.15, -0.1) is 0 Å². The summed E-state index contributed by atoms with van der Waals surface area (Å²) in [5.41, 5.74) is 16.0. The molecule has 0 aromatic rings. The zero-order valence-electron chi connectivity index (χ0n) is 39.2. The van der Waals surface area contributed by atoms with Crippen molar-refractivity contribution in [3.8, 4) is 0 Å². The Kier molecular flexibility index (Phi) is 14.3. The number of hydrogen-bond donors (Lipinski definition) is 3. The number of ether oxygens (including phenoxy) is 1. The zero-order valence-corrected chi connectivity index (χ0v) is 39.2. The molecule has 62 heavy (non-hydrogen) atoms. The summed E-state index contributed by atoms with van der Waals surface area (Å²) < 4.78 is 5.77.